The first-order valence-corrected chi connectivity index (χ1v) is 7.03. The van der Waals surface area contributed by atoms with Crippen LogP contribution < -0.4 is 0 Å². The standard InChI is InChI=1S/C14H29NO2/c1-4-5-8-11-15(13(2)3)12-9-6-7-10-14(16)17/h13H,4-12H2,1-3H3,(H,16,17). The molecular formula is C14H29NO2. The maximum atomic E-state index is 10.4. The van der Waals surface area contributed by atoms with E-state index in [2.05, 4.69) is 25.7 Å². The lowest BCUT2D eigenvalue weighted by Gasteiger charge is -2.26. The van der Waals surface area contributed by atoms with Gasteiger partial charge in [0.25, 0.3) is 0 Å². The summed E-state index contributed by atoms with van der Waals surface area (Å²) in [5, 5.41) is 8.54. The Kier molecular flexibility index (Phi) is 10.2. The van der Waals surface area contributed by atoms with E-state index in [1.54, 1.807) is 0 Å². The largest absolute Gasteiger partial charge is 0.481 e. The Bertz CT molecular complexity index is 193. The zero-order chi connectivity index (χ0) is 13.1. The van der Waals surface area contributed by atoms with Crippen LogP contribution in [0.5, 0.6) is 0 Å². The topological polar surface area (TPSA) is 40.5 Å². The van der Waals surface area contributed by atoms with Crippen molar-refractivity contribution < 1.29 is 9.90 Å². The third kappa shape index (κ3) is 10.3. The van der Waals surface area contributed by atoms with E-state index in [4.69, 9.17) is 5.11 Å². The van der Waals surface area contributed by atoms with Crippen LogP contribution in [-0.2, 0) is 4.79 Å². The Morgan fingerprint density at radius 3 is 2.12 bits per heavy atom. The van der Waals surface area contributed by atoms with Gasteiger partial charge in [0.2, 0.25) is 0 Å². The lowest BCUT2D eigenvalue weighted by molar-refractivity contribution is -0.137. The molecule has 0 fully saturated rings. The molecule has 0 atom stereocenters. The van der Waals surface area contributed by atoms with Crippen molar-refractivity contribution in [1.82, 2.24) is 4.90 Å². The predicted octanol–water partition coefficient (Wildman–Crippen LogP) is 3.53. The molecule has 0 radical (unpaired) electrons. The fraction of sp³-hybridized carbons (Fsp3) is 0.929. The summed E-state index contributed by atoms with van der Waals surface area (Å²) < 4.78 is 0. The molecule has 1 N–H and O–H groups in total. The lowest BCUT2D eigenvalue weighted by Crippen LogP contribution is -2.32. The first-order valence-electron chi connectivity index (χ1n) is 7.03. The van der Waals surface area contributed by atoms with Gasteiger partial charge in [-0.15, -0.1) is 0 Å². The first-order chi connectivity index (χ1) is 8.07. The molecule has 3 heteroatoms. The molecule has 17 heavy (non-hydrogen) atoms. The van der Waals surface area contributed by atoms with Crippen LogP contribution in [-0.4, -0.2) is 35.1 Å². The van der Waals surface area contributed by atoms with Crippen LogP contribution in [0.25, 0.3) is 0 Å². The zero-order valence-electron chi connectivity index (χ0n) is 11.7. The van der Waals surface area contributed by atoms with Gasteiger partial charge in [-0.1, -0.05) is 26.2 Å². The number of hydrogen-bond acceptors (Lipinski definition) is 2. The van der Waals surface area contributed by atoms with Crippen molar-refractivity contribution in [2.45, 2.75) is 71.8 Å². The number of nitrogens with zero attached hydrogens (tertiary/aromatic N) is 1. The summed E-state index contributed by atoms with van der Waals surface area (Å²) in [6.07, 6.45) is 7.14. The van der Waals surface area contributed by atoms with Crippen LogP contribution in [0.4, 0.5) is 0 Å². The van der Waals surface area contributed by atoms with Crippen LogP contribution in [0.1, 0.15) is 65.7 Å². The second-order valence-corrected chi connectivity index (χ2v) is 5.04. The predicted molar refractivity (Wildman–Crippen MR) is 72.3 cm³/mol. The van der Waals surface area contributed by atoms with Crippen molar-refractivity contribution >= 4 is 5.97 Å². The van der Waals surface area contributed by atoms with E-state index in [1.807, 2.05) is 0 Å². The monoisotopic (exact) mass is 243 g/mol. The minimum Gasteiger partial charge on any atom is -0.481 e. The molecule has 0 aliphatic carbocycles. The van der Waals surface area contributed by atoms with Crippen LogP contribution in [0.2, 0.25) is 0 Å². The maximum Gasteiger partial charge on any atom is 0.303 e. The van der Waals surface area contributed by atoms with E-state index in [1.165, 1.54) is 25.8 Å². The molecular weight excluding hydrogens is 214 g/mol. The average molecular weight is 243 g/mol. The molecule has 0 amide bonds. The zero-order valence-corrected chi connectivity index (χ0v) is 11.7. The highest BCUT2D eigenvalue weighted by molar-refractivity contribution is 5.66. The summed E-state index contributed by atoms with van der Waals surface area (Å²) in [7, 11) is 0. The smallest absolute Gasteiger partial charge is 0.303 e. The van der Waals surface area contributed by atoms with Crippen molar-refractivity contribution in [1.29, 1.82) is 0 Å². The molecule has 0 aromatic carbocycles. The number of rotatable bonds is 11. The van der Waals surface area contributed by atoms with Gasteiger partial charge < -0.3 is 10.0 Å². The number of unbranched alkanes of at least 4 members (excludes halogenated alkanes) is 4. The molecule has 0 heterocycles. The van der Waals surface area contributed by atoms with Crippen molar-refractivity contribution in [2.75, 3.05) is 13.1 Å². The van der Waals surface area contributed by atoms with E-state index >= 15 is 0 Å². The van der Waals surface area contributed by atoms with E-state index in [0.717, 1.165) is 25.8 Å². The summed E-state index contributed by atoms with van der Waals surface area (Å²) in [6, 6.07) is 0.603. The van der Waals surface area contributed by atoms with Gasteiger partial charge in [-0.2, -0.15) is 0 Å². The van der Waals surface area contributed by atoms with Crippen molar-refractivity contribution in [2.24, 2.45) is 0 Å². The fourth-order valence-electron chi connectivity index (χ4n) is 1.96. The van der Waals surface area contributed by atoms with Gasteiger partial charge in [-0.3, -0.25) is 4.79 Å². The molecule has 0 rings (SSSR count). The quantitative estimate of drug-likeness (QED) is 0.564. The molecule has 102 valence electrons. The minimum atomic E-state index is -0.673. The molecule has 0 aliphatic rings. The van der Waals surface area contributed by atoms with E-state index in [9.17, 15) is 4.79 Å². The summed E-state index contributed by atoms with van der Waals surface area (Å²) in [4.78, 5) is 12.9. The van der Waals surface area contributed by atoms with Crippen LogP contribution >= 0.6 is 0 Å². The molecule has 0 saturated carbocycles. The Balaban J connectivity index is 3.59. The highest BCUT2D eigenvalue weighted by Crippen LogP contribution is 2.07. The highest BCUT2D eigenvalue weighted by Gasteiger charge is 2.08. The fourth-order valence-corrected chi connectivity index (χ4v) is 1.96. The van der Waals surface area contributed by atoms with Crippen molar-refractivity contribution in [3.63, 3.8) is 0 Å². The highest BCUT2D eigenvalue weighted by atomic mass is 16.4. The first kappa shape index (κ1) is 16.4. The van der Waals surface area contributed by atoms with Gasteiger partial charge in [0.1, 0.15) is 0 Å². The SMILES string of the molecule is CCCCCN(CCCCCC(=O)O)C(C)C. The molecule has 0 aromatic rings. The molecule has 0 spiro atoms. The molecule has 0 unspecified atom stereocenters. The van der Waals surface area contributed by atoms with Crippen LogP contribution in [0.3, 0.4) is 0 Å². The normalized spacial score (nSPS) is 11.4. The maximum absolute atomic E-state index is 10.4. The molecule has 0 saturated heterocycles. The second kappa shape index (κ2) is 10.6. The summed E-state index contributed by atoms with van der Waals surface area (Å²) in [6.45, 7) is 9.00. The van der Waals surface area contributed by atoms with Gasteiger partial charge in [-0.25, -0.2) is 0 Å². The third-order valence-electron chi connectivity index (χ3n) is 3.12. The average Bonchev–Trinajstić information content (AvgIpc) is 2.25. The molecule has 0 aliphatic heterocycles. The Hall–Kier alpha value is -0.570. The van der Waals surface area contributed by atoms with Crippen molar-refractivity contribution in [3.05, 3.63) is 0 Å². The second-order valence-electron chi connectivity index (χ2n) is 5.04. The van der Waals surface area contributed by atoms with E-state index in [0.29, 0.717) is 12.5 Å². The van der Waals surface area contributed by atoms with Gasteiger partial charge in [0.05, 0.1) is 0 Å². The number of aliphatic carboxylic acids is 1. The Labute approximate surface area is 106 Å². The number of hydrogen-bond donors (Lipinski definition) is 1. The molecule has 3 nitrogen and oxygen atoms in total. The summed E-state index contributed by atoms with van der Waals surface area (Å²) in [5.41, 5.74) is 0. The van der Waals surface area contributed by atoms with Gasteiger partial charge in [0, 0.05) is 12.5 Å². The van der Waals surface area contributed by atoms with E-state index < -0.39 is 5.97 Å². The van der Waals surface area contributed by atoms with Crippen LogP contribution in [0.15, 0.2) is 0 Å². The Morgan fingerprint density at radius 2 is 1.65 bits per heavy atom. The van der Waals surface area contributed by atoms with E-state index in [-0.39, 0.29) is 0 Å². The van der Waals surface area contributed by atoms with Crippen LogP contribution in [0, 0.1) is 0 Å². The molecule has 0 aromatic heterocycles. The third-order valence-corrected chi connectivity index (χ3v) is 3.12. The van der Waals surface area contributed by atoms with Gasteiger partial charge in [-0.05, 0) is 46.2 Å². The minimum absolute atomic E-state index is 0.317. The Morgan fingerprint density at radius 1 is 1.06 bits per heavy atom. The number of carboxylic acids is 1. The summed E-state index contributed by atoms with van der Waals surface area (Å²) >= 11 is 0. The van der Waals surface area contributed by atoms with Gasteiger partial charge in [0.15, 0.2) is 0 Å². The molecule has 0 bridgehead atoms. The van der Waals surface area contributed by atoms with Gasteiger partial charge >= 0.3 is 5.97 Å². The number of carboxylic acid groups (broad SMARTS) is 1. The van der Waals surface area contributed by atoms with Crippen molar-refractivity contribution in [3.8, 4) is 0 Å². The lowest BCUT2D eigenvalue weighted by atomic mass is 10.1. The number of carbonyl (C=O) groups is 1. The summed E-state index contributed by atoms with van der Waals surface area (Å²) in [5.74, 6) is -0.673.